The molecule has 0 radical (unpaired) electrons. The number of hydrogen-bond donors (Lipinski definition) is 0. The van der Waals surface area contributed by atoms with Gasteiger partial charge < -0.3 is 9.47 Å². The maximum absolute atomic E-state index is 13.0. The maximum Gasteiger partial charge on any atom is 0.348 e. The van der Waals surface area contributed by atoms with Crippen molar-refractivity contribution in [2.75, 3.05) is 7.11 Å². The molecule has 7 heteroatoms. The summed E-state index contributed by atoms with van der Waals surface area (Å²) in [5, 5.41) is 9.23. The van der Waals surface area contributed by atoms with Gasteiger partial charge in [-0.2, -0.15) is 10.2 Å². The molecule has 2 aromatic heterocycles. The molecule has 0 atom stereocenters. The Bertz CT molecular complexity index is 1140. The average Bonchev–Trinajstić information content (AvgIpc) is 2.69. The predicted octanol–water partition coefficient (Wildman–Crippen LogP) is 2.88. The number of nitrogens with zero attached hydrogens (tertiary/aromatic N) is 3. The third kappa shape index (κ3) is 3.55. The number of nitriles is 1. The van der Waals surface area contributed by atoms with Gasteiger partial charge in [-0.3, -0.25) is 9.20 Å². The topological polar surface area (TPSA) is 93.7 Å². The number of aromatic nitrogens is 2. The van der Waals surface area contributed by atoms with Crippen molar-refractivity contribution < 1.29 is 14.3 Å². The van der Waals surface area contributed by atoms with E-state index >= 15 is 0 Å². The zero-order chi connectivity index (χ0) is 19.4. The summed E-state index contributed by atoms with van der Waals surface area (Å²) in [6.45, 7) is 1.82. The van der Waals surface area contributed by atoms with E-state index in [2.05, 4.69) is 9.72 Å². The molecular formula is C20H15N3O4. The van der Waals surface area contributed by atoms with Crippen molar-refractivity contribution in [3.05, 3.63) is 75.7 Å². The van der Waals surface area contributed by atoms with Crippen LogP contribution in [-0.4, -0.2) is 22.5 Å². The van der Waals surface area contributed by atoms with Gasteiger partial charge in [-0.25, -0.2) is 4.79 Å². The van der Waals surface area contributed by atoms with Crippen LogP contribution in [-0.2, 0) is 9.53 Å². The number of benzene rings is 1. The minimum absolute atomic E-state index is 0.00264. The monoisotopic (exact) mass is 361 g/mol. The van der Waals surface area contributed by atoms with E-state index in [0.717, 1.165) is 18.7 Å². The van der Waals surface area contributed by atoms with E-state index in [1.807, 2.05) is 19.1 Å². The second-order valence-electron chi connectivity index (χ2n) is 5.60. The first-order chi connectivity index (χ1) is 13.0. The van der Waals surface area contributed by atoms with Gasteiger partial charge in [0.2, 0.25) is 5.88 Å². The summed E-state index contributed by atoms with van der Waals surface area (Å²) >= 11 is 0. The van der Waals surface area contributed by atoms with Gasteiger partial charge in [-0.05, 0) is 36.8 Å². The molecule has 27 heavy (non-hydrogen) atoms. The van der Waals surface area contributed by atoms with E-state index in [0.29, 0.717) is 11.4 Å². The van der Waals surface area contributed by atoms with Crippen LogP contribution in [0.25, 0.3) is 11.7 Å². The summed E-state index contributed by atoms with van der Waals surface area (Å²) in [4.78, 5) is 29.2. The number of esters is 1. The normalized spacial score (nSPS) is 11.1. The molecule has 0 fully saturated rings. The summed E-state index contributed by atoms with van der Waals surface area (Å²) < 4.78 is 11.7. The van der Waals surface area contributed by atoms with Gasteiger partial charge in [0.1, 0.15) is 28.6 Å². The molecule has 0 unspecified atom stereocenters. The number of rotatable bonds is 4. The standard InChI is InChI=1S/C20H15N3O4/c1-13-7-6-10-23-17(13)22-18(27-15-8-4-3-5-9-15)16(19(23)24)11-14(12-21)20(25)26-2/h3-11H,1-2H3. The fraction of sp³-hybridized carbons (Fsp3) is 0.100. The van der Waals surface area contributed by atoms with Crippen molar-refractivity contribution in [1.29, 1.82) is 5.26 Å². The van der Waals surface area contributed by atoms with Crippen LogP contribution < -0.4 is 10.3 Å². The first kappa shape index (κ1) is 17.9. The highest BCUT2D eigenvalue weighted by atomic mass is 16.5. The molecule has 2 heterocycles. The fourth-order valence-corrected chi connectivity index (χ4v) is 2.48. The minimum atomic E-state index is -0.850. The van der Waals surface area contributed by atoms with Gasteiger partial charge in [0, 0.05) is 6.20 Å². The molecule has 0 spiro atoms. The zero-order valence-electron chi connectivity index (χ0n) is 14.7. The van der Waals surface area contributed by atoms with Crippen molar-refractivity contribution in [3.8, 4) is 17.7 Å². The lowest BCUT2D eigenvalue weighted by atomic mass is 10.2. The SMILES string of the molecule is COC(=O)C(C#N)=Cc1c(Oc2ccccc2)nc2c(C)cccn2c1=O. The first-order valence-corrected chi connectivity index (χ1v) is 8.00. The lowest BCUT2D eigenvalue weighted by molar-refractivity contribution is -0.135. The Morgan fingerprint density at radius 2 is 1.96 bits per heavy atom. The van der Waals surface area contributed by atoms with Gasteiger partial charge >= 0.3 is 5.97 Å². The highest BCUT2D eigenvalue weighted by Crippen LogP contribution is 2.24. The van der Waals surface area contributed by atoms with Crippen LogP contribution in [0, 0.1) is 18.3 Å². The number of ether oxygens (including phenoxy) is 2. The summed E-state index contributed by atoms with van der Waals surface area (Å²) in [5.74, 6) is -0.386. The number of carbonyl (C=O) groups excluding carboxylic acids is 1. The Balaban J connectivity index is 2.29. The molecule has 0 saturated heterocycles. The molecule has 7 nitrogen and oxygen atoms in total. The number of fused-ring (bicyclic) bond motifs is 1. The van der Waals surface area contributed by atoms with Crippen LogP contribution in [0.15, 0.2) is 59.0 Å². The average molecular weight is 361 g/mol. The number of aryl methyl sites for hydroxylation is 1. The van der Waals surface area contributed by atoms with E-state index in [4.69, 9.17) is 4.74 Å². The third-order valence-corrected chi connectivity index (χ3v) is 3.82. The minimum Gasteiger partial charge on any atom is -0.465 e. The van der Waals surface area contributed by atoms with E-state index in [-0.39, 0.29) is 17.0 Å². The zero-order valence-corrected chi connectivity index (χ0v) is 14.7. The number of methoxy groups -OCH3 is 1. The molecule has 1 aromatic carbocycles. The van der Waals surface area contributed by atoms with Gasteiger partial charge in [-0.15, -0.1) is 0 Å². The van der Waals surface area contributed by atoms with E-state index < -0.39 is 11.5 Å². The van der Waals surface area contributed by atoms with Crippen LogP contribution >= 0.6 is 0 Å². The van der Waals surface area contributed by atoms with Crippen LogP contribution in [0.1, 0.15) is 11.1 Å². The quantitative estimate of drug-likeness (QED) is 0.403. The lowest BCUT2D eigenvalue weighted by Gasteiger charge is -2.11. The first-order valence-electron chi connectivity index (χ1n) is 8.00. The van der Waals surface area contributed by atoms with E-state index in [1.165, 1.54) is 4.40 Å². The Morgan fingerprint density at radius 3 is 2.63 bits per heavy atom. The third-order valence-electron chi connectivity index (χ3n) is 3.82. The lowest BCUT2D eigenvalue weighted by Crippen LogP contribution is -2.20. The molecule has 0 amide bonds. The number of carbonyl (C=O) groups is 1. The van der Waals surface area contributed by atoms with Crippen molar-refractivity contribution in [2.45, 2.75) is 6.92 Å². The van der Waals surface area contributed by atoms with Crippen molar-refractivity contribution in [1.82, 2.24) is 9.38 Å². The predicted molar refractivity (Wildman–Crippen MR) is 98.3 cm³/mol. The molecule has 134 valence electrons. The molecule has 0 aliphatic carbocycles. The Labute approximate surface area is 154 Å². The summed E-state index contributed by atoms with van der Waals surface area (Å²) in [6, 6.07) is 14.1. The summed E-state index contributed by atoms with van der Waals surface area (Å²) in [7, 11) is 1.16. The molecular weight excluding hydrogens is 346 g/mol. The molecule has 0 bridgehead atoms. The molecule has 3 rings (SSSR count). The number of para-hydroxylation sites is 1. The van der Waals surface area contributed by atoms with Gasteiger partial charge in [-0.1, -0.05) is 24.3 Å². The van der Waals surface area contributed by atoms with Crippen LogP contribution in [0.5, 0.6) is 11.6 Å². The Hall–Kier alpha value is -3.92. The molecule has 0 aliphatic heterocycles. The highest BCUT2D eigenvalue weighted by molar-refractivity contribution is 5.98. The Kier molecular flexibility index (Phi) is 4.99. The van der Waals surface area contributed by atoms with Crippen LogP contribution in [0.4, 0.5) is 0 Å². The van der Waals surface area contributed by atoms with Crippen molar-refractivity contribution >= 4 is 17.7 Å². The maximum atomic E-state index is 13.0. The van der Waals surface area contributed by atoms with Crippen molar-refractivity contribution in [3.63, 3.8) is 0 Å². The van der Waals surface area contributed by atoms with Crippen LogP contribution in [0.3, 0.4) is 0 Å². The van der Waals surface area contributed by atoms with E-state index in [9.17, 15) is 14.9 Å². The van der Waals surface area contributed by atoms with Crippen LogP contribution in [0.2, 0.25) is 0 Å². The molecule has 0 N–H and O–H groups in total. The largest absolute Gasteiger partial charge is 0.465 e. The number of hydrogen-bond acceptors (Lipinski definition) is 6. The second kappa shape index (κ2) is 7.54. The highest BCUT2D eigenvalue weighted by Gasteiger charge is 2.18. The van der Waals surface area contributed by atoms with Gasteiger partial charge in [0.15, 0.2) is 0 Å². The smallest absolute Gasteiger partial charge is 0.348 e. The molecule has 0 saturated carbocycles. The fourth-order valence-electron chi connectivity index (χ4n) is 2.48. The van der Waals surface area contributed by atoms with Gasteiger partial charge in [0.05, 0.1) is 7.11 Å². The second-order valence-corrected chi connectivity index (χ2v) is 5.60. The number of pyridine rings is 1. The summed E-state index contributed by atoms with van der Waals surface area (Å²) in [5.41, 5.74) is 0.371. The van der Waals surface area contributed by atoms with E-state index in [1.54, 1.807) is 42.6 Å². The van der Waals surface area contributed by atoms with Crippen molar-refractivity contribution in [2.24, 2.45) is 0 Å². The van der Waals surface area contributed by atoms with Gasteiger partial charge in [0.25, 0.3) is 5.56 Å². The molecule has 0 aliphatic rings. The summed E-state index contributed by atoms with van der Waals surface area (Å²) in [6.07, 6.45) is 2.69. The molecule has 3 aromatic rings. The Morgan fingerprint density at radius 1 is 1.22 bits per heavy atom.